The van der Waals surface area contributed by atoms with Gasteiger partial charge in [-0.1, -0.05) is 279 Å². The summed E-state index contributed by atoms with van der Waals surface area (Å²) in [6.07, 6.45) is 0. The summed E-state index contributed by atoms with van der Waals surface area (Å²) in [4.78, 5) is 9.51. The van der Waals surface area contributed by atoms with Crippen LogP contribution >= 0.6 is 0 Å². The van der Waals surface area contributed by atoms with Crippen LogP contribution in [0.1, 0.15) is 0 Å². The van der Waals surface area contributed by atoms with Crippen molar-refractivity contribution >= 4 is 89.8 Å². The van der Waals surface area contributed by atoms with Gasteiger partial charge in [0.1, 0.15) is 0 Å². The molecule has 0 atom stereocenters. The highest BCUT2D eigenvalue weighted by Crippen LogP contribution is 2.50. The van der Waals surface area contributed by atoms with Crippen molar-refractivity contribution in [3.8, 4) is 66.8 Å². The zero-order valence-electron chi connectivity index (χ0n) is 56.2. The highest BCUT2D eigenvalue weighted by atomic mass is 15.2. The van der Waals surface area contributed by atoms with E-state index in [0.717, 1.165) is 112 Å². The van der Waals surface area contributed by atoms with Gasteiger partial charge in [0, 0.05) is 68.2 Å². The number of hydrogen-bond donors (Lipinski definition) is 0. The monoisotopic (exact) mass is 1300 g/mol. The van der Waals surface area contributed by atoms with Gasteiger partial charge in [0.05, 0.1) is 0 Å². The first-order valence-corrected chi connectivity index (χ1v) is 34.9. The fourth-order valence-corrected chi connectivity index (χ4v) is 14.5. The Hall–Kier alpha value is -13.5. The molecule has 0 N–H and O–H groups in total. The number of fused-ring (bicyclic) bond motifs is 2. The van der Waals surface area contributed by atoms with Crippen LogP contribution in [-0.4, -0.2) is 0 Å². The Morgan fingerprint density at radius 3 is 0.480 bits per heavy atom. The van der Waals surface area contributed by atoms with Gasteiger partial charge >= 0.3 is 0 Å². The van der Waals surface area contributed by atoms with Crippen molar-refractivity contribution in [2.45, 2.75) is 0 Å². The highest BCUT2D eigenvalue weighted by molar-refractivity contribution is 6.23. The fraction of sp³-hybridized carbons (Fsp3) is 0. The summed E-state index contributed by atoms with van der Waals surface area (Å²) in [6.45, 7) is 0. The van der Waals surface area contributed by atoms with Gasteiger partial charge in [0.2, 0.25) is 0 Å². The van der Waals surface area contributed by atoms with Crippen molar-refractivity contribution in [1.82, 2.24) is 0 Å². The van der Waals surface area contributed by atoms with Crippen LogP contribution in [0.25, 0.3) is 88.3 Å². The molecule has 17 aromatic carbocycles. The summed E-state index contributed by atoms with van der Waals surface area (Å²) >= 11 is 0. The number of anilines is 12. The number of rotatable bonds is 18. The molecule has 0 amide bonds. The van der Waals surface area contributed by atoms with Gasteiger partial charge in [-0.3, -0.25) is 0 Å². The van der Waals surface area contributed by atoms with E-state index in [-0.39, 0.29) is 0 Å². The number of nitrogens with zero attached hydrogens (tertiary/aromatic N) is 4. The second kappa shape index (κ2) is 28.1. The minimum Gasteiger partial charge on any atom is -0.311 e. The van der Waals surface area contributed by atoms with Crippen molar-refractivity contribution in [3.05, 3.63) is 425 Å². The zero-order chi connectivity index (χ0) is 68.0. The quantitative estimate of drug-likeness (QED) is 0.0794. The minimum atomic E-state index is 1.04. The minimum absolute atomic E-state index is 1.04. The van der Waals surface area contributed by atoms with Crippen LogP contribution in [0.15, 0.2) is 425 Å². The molecule has 0 aliphatic heterocycles. The van der Waals surface area contributed by atoms with Gasteiger partial charge in [0.25, 0.3) is 0 Å². The zero-order valence-corrected chi connectivity index (χ0v) is 56.2. The van der Waals surface area contributed by atoms with Gasteiger partial charge < -0.3 is 19.6 Å². The molecule has 17 aromatic rings. The van der Waals surface area contributed by atoms with Gasteiger partial charge in [-0.25, -0.2) is 0 Å². The summed E-state index contributed by atoms with van der Waals surface area (Å²) in [5.41, 5.74) is 26.6. The van der Waals surface area contributed by atoms with Crippen LogP contribution in [0.2, 0.25) is 0 Å². The lowest BCUT2D eigenvalue weighted by molar-refractivity contribution is 1.28. The lowest BCUT2D eigenvalue weighted by Crippen LogP contribution is -2.10. The molecular formula is C98H70N4. The summed E-state index contributed by atoms with van der Waals surface area (Å²) in [6, 6.07) is 154. The molecule has 0 fully saturated rings. The van der Waals surface area contributed by atoms with Crippen molar-refractivity contribution in [2.24, 2.45) is 0 Å². The second-order valence-corrected chi connectivity index (χ2v) is 25.6. The van der Waals surface area contributed by atoms with E-state index in [4.69, 9.17) is 0 Å². The fourth-order valence-electron chi connectivity index (χ4n) is 14.5. The first-order valence-electron chi connectivity index (χ1n) is 34.9. The summed E-state index contributed by atoms with van der Waals surface area (Å²) in [5, 5.41) is 4.52. The van der Waals surface area contributed by atoms with E-state index in [9.17, 15) is 0 Å². The first-order chi connectivity index (χ1) is 50.6. The Labute approximate surface area is 597 Å². The molecular weight excluding hydrogens is 1230 g/mol. The SMILES string of the molecule is c1ccc(-c2ccc(N(c3ccc(-c4ccccc4)cc3)c3ccc(-c4c5ccc(N(c6ccccc6)c6ccccc6)cc5c(-c5ccc(N(c6ccc(-c7ccccc7)cc6)c6ccc(-c7ccccc7)cc6)cc5)c5ccc(N(c6ccccc6)c6ccccc6)cc45)cc3)cc2)cc1. The maximum atomic E-state index is 2.43. The molecule has 0 unspecified atom stereocenters. The predicted octanol–water partition coefficient (Wildman–Crippen LogP) is 27.9. The summed E-state index contributed by atoms with van der Waals surface area (Å²) in [7, 11) is 0. The third-order valence-electron chi connectivity index (χ3n) is 19.4. The molecule has 0 spiro atoms. The van der Waals surface area contributed by atoms with Crippen LogP contribution in [0.5, 0.6) is 0 Å². The topological polar surface area (TPSA) is 13.0 Å². The third kappa shape index (κ3) is 12.5. The molecule has 0 radical (unpaired) electrons. The summed E-state index contributed by atoms with van der Waals surface area (Å²) < 4.78 is 0. The highest BCUT2D eigenvalue weighted by Gasteiger charge is 2.24. The Morgan fingerprint density at radius 2 is 0.265 bits per heavy atom. The molecule has 102 heavy (non-hydrogen) atoms. The number of para-hydroxylation sites is 4. The number of benzene rings is 17. The molecule has 0 aliphatic rings. The predicted molar refractivity (Wildman–Crippen MR) is 433 cm³/mol. The number of hydrogen-bond acceptors (Lipinski definition) is 4. The largest absolute Gasteiger partial charge is 0.311 e. The van der Waals surface area contributed by atoms with Crippen molar-refractivity contribution in [3.63, 3.8) is 0 Å². The van der Waals surface area contributed by atoms with Gasteiger partial charge in [-0.2, -0.15) is 0 Å². The van der Waals surface area contributed by atoms with Crippen molar-refractivity contribution in [1.29, 1.82) is 0 Å². The lowest BCUT2D eigenvalue weighted by atomic mass is 9.85. The maximum absolute atomic E-state index is 2.43. The average Bonchev–Trinajstić information content (AvgIpc) is 0.722. The molecule has 0 saturated heterocycles. The third-order valence-corrected chi connectivity index (χ3v) is 19.4. The standard InChI is InChI=1S/C98H70N4/c1-9-25-71(26-10-1)75-41-53-85(54-42-75)99(86-55-43-76(44-56-86)72-27-11-2-12-28-72)89-61-49-79(50-62-89)97-93-67-65-92(102(83-37-21-7-22-38-83)84-39-23-8-24-40-84)70-96(93)98(94-68-66-91(69-95(94)97)101(81-33-17-5-18-34-81)82-35-19-6-20-36-82)80-51-63-90(64-52-80)100(87-57-45-77(46-58-87)73-29-13-3-14-30-73)88-59-47-78(48-60-88)74-31-15-4-16-32-74/h1-70H. The van der Waals surface area contributed by atoms with Crippen LogP contribution in [0, 0.1) is 0 Å². The van der Waals surface area contributed by atoms with E-state index < -0.39 is 0 Å². The van der Waals surface area contributed by atoms with Crippen molar-refractivity contribution in [2.75, 3.05) is 19.6 Å². The van der Waals surface area contributed by atoms with Gasteiger partial charge in [-0.15, -0.1) is 0 Å². The van der Waals surface area contributed by atoms with Gasteiger partial charge in [0.15, 0.2) is 0 Å². The summed E-state index contributed by atoms with van der Waals surface area (Å²) in [5.74, 6) is 0. The van der Waals surface area contributed by atoms with E-state index >= 15 is 0 Å². The van der Waals surface area contributed by atoms with Crippen LogP contribution in [0.4, 0.5) is 68.2 Å². The van der Waals surface area contributed by atoms with E-state index in [1.165, 1.54) is 44.5 Å². The molecule has 0 aliphatic carbocycles. The van der Waals surface area contributed by atoms with Crippen molar-refractivity contribution < 1.29 is 0 Å². The van der Waals surface area contributed by atoms with Crippen LogP contribution in [0.3, 0.4) is 0 Å². The molecule has 482 valence electrons. The Kier molecular flexibility index (Phi) is 17.1. The maximum Gasteiger partial charge on any atom is 0.0468 e. The van der Waals surface area contributed by atoms with E-state index in [2.05, 4.69) is 444 Å². The second-order valence-electron chi connectivity index (χ2n) is 25.6. The molecule has 17 rings (SSSR count). The van der Waals surface area contributed by atoms with E-state index in [0.29, 0.717) is 0 Å². The Balaban J connectivity index is 0.876. The Morgan fingerprint density at radius 1 is 0.108 bits per heavy atom. The normalized spacial score (nSPS) is 11.1. The lowest BCUT2D eigenvalue weighted by Gasteiger charge is -2.28. The Bertz CT molecular complexity index is 5050. The molecule has 4 nitrogen and oxygen atoms in total. The average molecular weight is 1300 g/mol. The molecule has 0 aromatic heterocycles. The first kappa shape index (κ1) is 62.0. The van der Waals surface area contributed by atoms with Gasteiger partial charge in [-0.05, 0) is 234 Å². The van der Waals surface area contributed by atoms with E-state index in [1.54, 1.807) is 0 Å². The van der Waals surface area contributed by atoms with Crippen LogP contribution < -0.4 is 19.6 Å². The molecule has 0 bridgehead atoms. The molecule has 4 heteroatoms. The van der Waals surface area contributed by atoms with E-state index in [1.807, 2.05) is 0 Å². The van der Waals surface area contributed by atoms with Crippen LogP contribution in [-0.2, 0) is 0 Å². The molecule has 0 heterocycles. The molecule has 0 saturated carbocycles. The smallest absolute Gasteiger partial charge is 0.0468 e.